The number of aliphatic hydroxyl groups excluding tert-OH is 3. The summed E-state index contributed by atoms with van der Waals surface area (Å²) in [5, 5.41) is 37.1. The highest BCUT2D eigenvalue weighted by atomic mass is 32.2. The Morgan fingerprint density at radius 1 is 0.857 bits per heavy atom. The van der Waals surface area contributed by atoms with Gasteiger partial charge in [0.2, 0.25) is 30.1 Å². The maximum Gasteiger partial charge on any atom is 0.220 e. The van der Waals surface area contributed by atoms with Crippen molar-refractivity contribution < 1.29 is 40.6 Å². The summed E-state index contributed by atoms with van der Waals surface area (Å²) in [5.74, 6) is -3.57. The molecule has 0 aromatic heterocycles. The van der Waals surface area contributed by atoms with Gasteiger partial charge in [-0.05, 0) is 0 Å². The van der Waals surface area contributed by atoms with Crippen LogP contribution in [0, 0.1) is 0 Å². The quantitative estimate of drug-likeness (QED) is 0.244. The van der Waals surface area contributed by atoms with Gasteiger partial charge >= 0.3 is 0 Å². The molecule has 0 amide bonds. The van der Waals surface area contributed by atoms with E-state index in [1.165, 1.54) is 0 Å². The number of nitrogens with zero attached hydrogens (tertiary/aromatic N) is 1. The Hall–Kier alpha value is -0.390. The lowest BCUT2D eigenvalue weighted by Crippen LogP contribution is -2.54. The minimum Gasteiger partial charge on any atom is -0.395 e. The van der Waals surface area contributed by atoms with Gasteiger partial charge in [0.25, 0.3) is 0 Å². The zero-order chi connectivity index (χ0) is 17.1. The summed E-state index contributed by atoms with van der Waals surface area (Å²) in [6.07, 6.45) is -4.71. The van der Waals surface area contributed by atoms with Gasteiger partial charge in [-0.25, -0.2) is 35.5 Å². The second-order valence-electron chi connectivity index (χ2n) is 3.99. The Morgan fingerprint density at radius 3 is 1.43 bits per heavy atom. The van der Waals surface area contributed by atoms with E-state index >= 15 is 0 Å². The van der Waals surface area contributed by atoms with E-state index in [0.717, 1.165) is 0 Å². The molecule has 0 saturated carbocycles. The van der Waals surface area contributed by atoms with Gasteiger partial charge in [0, 0.05) is 0 Å². The second kappa shape index (κ2) is 7.25. The first-order valence-corrected chi connectivity index (χ1v) is 10.2. The van der Waals surface area contributed by atoms with Crippen LogP contribution < -0.4 is 10.3 Å². The van der Waals surface area contributed by atoms with E-state index in [0.29, 0.717) is 0 Å². The summed E-state index contributed by atoms with van der Waals surface area (Å²) >= 11 is 0. The molecule has 0 radical (unpaired) electrons. The van der Waals surface area contributed by atoms with Crippen molar-refractivity contribution in [2.45, 2.75) is 12.5 Å². The third kappa shape index (κ3) is 7.98. The number of aliphatic hydroxyl groups is 3. The van der Waals surface area contributed by atoms with Crippen LogP contribution in [0.5, 0.6) is 0 Å². The van der Waals surface area contributed by atoms with Crippen molar-refractivity contribution in [3.05, 3.63) is 0 Å². The summed E-state index contributed by atoms with van der Waals surface area (Å²) in [6, 6.07) is 0. The van der Waals surface area contributed by atoms with E-state index < -0.39 is 66.4 Å². The van der Waals surface area contributed by atoms with Crippen LogP contribution in [0.25, 0.3) is 0 Å². The smallest absolute Gasteiger partial charge is 0.220 e. The molecule has 0 aromatic rings. The molecule has 0 spiro atoms. The molecule has 0 saturated heterocycles. The van der Waals surface area contributed by atoms with Crippen molar-refractivity contribution in [1.29, 1.82) is 0 Å². The predicted octanol–water partition coefficient (Wildman–Crippen LogP) is -5.18. The average molecular weight is 371 g/mol. The number of rotatable bonds is 9. The van der Waals surface area contributed by atoms with Gasteiger partial charge in [0.05, 0.1) is 12.4 Å². The Labute approximate surface area is 122 Å². The maximum atomic E-state index is 11.8. The molecule has 21 heavy (non-hydrogen) atoms. The highest BCUT2D eigenvalue weighted by Crippen LogP contribution is 2.12. The Bertz CT molecular complexity index is 600. The molecular weight excluding hydrogens is 354 g/mol. The van der Waals surface area contributed by atoms with E-state index in [1.54, 1.807) is 0 Å². The number of hydrogen-bond donors (Lipinski definition) is 5. The van der Waals surface area contributed by atoms with Gasteiger partial charge in [0.1, 0.15) is 24.0 Å². The number of nitrogens with two attached hydrogens (primary N) is 2. The Kier molecular flexibility index (Phi) is 7.11. The van der Waals surface area contributed by atoms with Crippen LogP contribution in [-0.4, -0.2) is 81.2 Å². The van der Waals surface area contributed by atoms with E-state index in [4.69, 9.17) is 5.11 Å². The van der Waals surface area contributed by atoms with Gasteiger partial charge in [0.15, 0.2) is 0 Å². The second-order valence-corrected chi connectivity index (χ2v) is 9.30. The van der Waals surface area contributed by atoms with E-state index in [-0.39, 0.29) is 4.31 Å². The fraction of sp³-hybridized carbons (Fsp3) is 1.00. The summed E-state index contributed by atoms with van der Waals surface area (Å²) in [7, 11) is -13.2. The molecule has 2 unspecified atom stereocenters. The molecule has 0 aromatic carbocycles. The van der Waals surface area contributed by atoms with E-state index in [1.807, 2.05) is 0 Å². The third-order valence-electron chi connectivity index (χ3n) is 2.02. The normalized spacial score (nSPS) is 16.9. The minimum atomic E-state index is -4.57. The first-order valence-electron chi connectivity index (χ1n) is 5.19. The molecular formula is C6H17N3O9S3. The molecule has 15 heteroatoms. The third-order valence-corrected chi connectivity index (χ3v) is 5.37. The van der Waals surface area contributed by atoms with Crippen molar-refractivity contribution in [3.63, 3.8) is 0 Å². The molecule has 0 aliphatic rings. The minimum absolute atomic E-state index is 0.183. The maximum absolute atomic E-state index is 11.8. The molecule has 12 nitrogen and oxygen atoms in total. The molecule has 2 atom stereocenters. The first-order chi connectivity index (χ1) is 9.19. The summed E-state index contributed by atoms with van der Waals surface area (Å²) in [5.41, 5.74) is 0. The molecule has 7 N–H and O–H groups in total. The number of hydrogen-bond acceptors (Lipinski definition) is 9. The highest BCUT2D eigenvalue weighted by Gasteiger charge is 2.37. The van der Waals surface area contributed by atoms with Crippen molar-refractivity contribution in [2.75, 3.05) is 23.9 Å². The van der Waals surface area contributed by atoms with Gasteiger partial charge < -0.3 is 15.3 Å². The Balaban J connectivity index is 5.58. The molecule has 128 valence electrons. The average Bonchev–Trinajstić information content (AvgIpc) is 2.09. The lowest BCUT2D eigenvalue weighted by atomic mass is 10.5. The molecule has 0 bridgehead atoms. The van der Waals surface area contributed by atoms with Crippen LogP contribution in [0.4, 0.5) is 0 Å². The number of primary sulfonamides is 2. The van der Waals surface area contributed by atoms with Crippen LogP contribution >= 0.6 is 0 Å². The molecule has 0 rings (SSSR count). The molecule has 0 aliphatic heterocycles. The molecule has 0 fully saturated rings. The zero-order valence-corrected chi connectivity index (χ0v) is 13.1. The topological polar surface area (TPSA) is 218 Å². The Morgan fingerprint density at radius 2 is 1.19 bits per heavy atom. The zero-order valence-electron chi connectivity index (χ0n) is 10.6. The summed E-state index contributed by atoms with van der Waals surface area (Å²) in [4.78, 5) is 0. The fourth-order valence-electron chi connectivity index (χ4n) is 1.35. The van der Waals surface area contributed by atoms with Crippen LogP contribution in [0.15, 0.2) is 0 Å². The monoisotopic (exact) mass is 371 g/mol. The number of sulfonamides is 3. The van der Waals surface area contributed by atoms with Gasteiger partial charge in [-0.1, -0.05) is 0 Å². The molecule has 0 aliphatic carbocycles. The lowest BCUT2D eigenvalue weighted by Gasteiger charge is -2.30. The largest absolute Gasteiger partial charge is 0.395 e. The highest BCUT2D eigenvalue weighted by molar-refractivity contribution is 7.90. The molecule has 0 heterocycles. The van der Waals surface area contributed by atoms with Crippen LogP contribution in [0.3, 0.4) is 0 Å². The van der Waals surface area contributed by atoms with Crippen molar-refractivity contribution >= 4 is 30.1 Å². The first kappa shape index (κ1) is 20.6. The van der Waals surface area contributed by atoms with Gasteiger partial charge in [-0.15, -0.1) is 4.31 Å². The van der Waals surface area contributed by atoms with Crippen molar-refractivity contribution in [2.24, 2.45) is 10.3 Å². The SMILES string of the molecule is NS(=O)(=O)CC(O)N(C(O)CS(N)(=O)=O)S(=O)(=O)CCO. The van der Waals surface area contributed by atoms with E-state index in [9.17, 15) is 35.5 Å². The van der Waals surface area contributed by atoms with Crippen molar-refractivity contribution in [3.8, 4) is 0 Å². The van der Waals surface area contributed by atoms with Crippen LogP contribution in [0.2, 0.25) is 0 Å². The summed E-state index contributed by atoms with van der Waals surface area (Å²) in [6.45, 7) is -0.914. The van der Waals surface area contributed by atoms with Gasteiger partial charge in [-0.3, -0.25) is 0 Å². The standard InChI is InChI=1S/C6H17N3O9S3/c7-19(13,14)3-5(11)9(21(17,18)2-1-10)6(12)4-20(8,15)16/h5-6,10-12H,1-4H2,(H2,7,13,14)(H2,8,15,16). The van der Waals surface area contributed by atoms with Crippen LogP contribution in [0.1, 0.15) is 0 Å². The van der Waals surface area contributed by atoms with E-state index in [2.05, 4.69) is 10.3 Å². The van der Waals surface area contributed by atoms with Crippen molar-refractivity contribution in [1.82, 2.24) is 4.31 Å². The van der Waals surface area contributed by atoms with Crippen LogP contribution in [-0.2, 0) is 30.1 Å². The predicted molar refractivity (Wildman–Crippen MR) is 70.7 cm³/mol. The summed E-state index contributed by atoms with van der Waals surface area (Å²) < 4.78 is 66.8. The lowest BCUT2D eigenvalue weighted by molar-refractivity contribution is -0.0205. The van der Waals surface area contributed by atoms with Gasteiger partial charge in [-0.2, -0.15) is 0 Å². The fourth-order valence-corrected chi connectivity index (χ4v) is 4.03.